The number of thioether (sulfide) groups is 2. The maximum absolute atomic E-state index is 4.93. The Morgan fingerprint density at radius 2 is 2.11 bits per heavy atom. The third kappa shape index (κ3) is 2.74. The van der Waals surface area contributed by atoms with Gasteiger partial charge in [-0.25, -0.2) is 0 Å². The molecule has 9 heavy (non-hydrogen) atoms. The van der Waals surface area contributed by atoms with Crippen molar-refractivity contribution in [3.8, 4) is 0 Å². The second kappa shape index (κ2) is 3.64. The van der Waals surface area contributed by atoms with Crippen LogP contribution in [0, 0.1) is 0 Å². The largest absolute Gasteiger partial charge is 0.118 e. The van der Waals surface area contributed by atoms with Crippen molar-refractivity contribution in [2.24, 2.45) is 0 Å². The summed E-state index contributed by atoms with van der Waals surface area (Å²) >= 11 is 8.74. The third-order valence-corrected chi connectivity index (χ3v) is 3.60. The Labute approximate surface area is 69.5 Å². The van der Waals surface area contributed by atoms with Crippen molar-refractivity contribution in [3.63, 3.8) is 0 Å². The van der Waals surface area contributed by atoms with Gasteiger partial charge >= 0.3 is 0 Å². The minimum absolute atomic E-state index is 0.993. The Balaban J connectivity index is 2.49. The molecule has 0 radical (unpaired) electrons. The summed E-state index contributed by atoms with van der Waals surface area (Å²) in [7, 11) is 0. The molecule has 0 aromatic rings. The van der Waals surface area contributed by atoms with E-state index in [-0.39, 0.29) is 0 Å². The van der Waals surface area contributed by atoms with Crippen LogP contribution < -0.4 is 0 Å². The van der Waals surface area contributed by atoms with Crippen molar-refractivity contribution in [2.75, 3.05) is 11.5 Å². The molecule has 0 nitrogen and oxygen atoms in total. The minimum Gasteiger partial charge on any atom is -0.118 e. The maximum atomic E-state index is 4.93. The summed E-state index contributed by atoms with van der Waals surface area (Å²) in [5.41, 5.74) is 0. The van der Waals surface area contributed by atoms with Crippen molar-refractivity contribution in [1.29, 1.82) is 0 Å². The molecule has 0 atom stereocenters. The highest BCUT2D eigenvalue weighted by molar-refractivity contribution is 8.25. The van der Waals surface area contributed by atoms with Crippen molar-refractivity contribution >= 4 is 40.6 Å². The molecule has 0 N–H and O–H groups in total. The summed E-state index contributed by atoms with van der Waals surface area (Å²) in [6.45, 7) is 1.96. The predicted octanol–water partition coefficient (Wildman–Crippen LogP) is 2.70. The number of hydrogen-bond acceptors (Lipinski definition) is 3. The fourth-order valence-corrected chi connectivity index (χ4v) is 3.27. The molecule has 1 rings (SSSR count). The molecular weight excluding hydrogens is 168 g/mol. The van der Waals surface area contributed by atoms with E-state index in [9.17, 15) is 0 Å². The third-order valence-electron chi connectivity index (χ3n) is 0.893. The second-order valence-electron chi connectivity index (χ2n) is 1.77. The molecule has 1 aliphatic rings. The van der Waals surface area contributed by atoms with Crippen molar-refractivity contribution in [3.05, 3.63) is 10.3 Å². The zero-order valence-corrected chi connectivity index (χ0v) is 7.67. The van der Waals surface area contributed by atoms with Crippen molar-refractivity contribution in [2.45, 2.75) is 6.92 Å². The van der Waals surface area contributed by atoms with Crippen LogP contribution in [0.1, 0.15) is 6.92 Å². The number of thiocarbonyl (C=S) groups is 1. The van der Waals surface area contributed by atoms with E-state index in [1.54, 1.807) is 0 Å². The maximum Gasteiger partial charge on any atom is 0.0412 e. The van der Waals surface area contributed by atoms with Crippen LogP contribution in [-0.2, 0) is 0 Å². The fourth-order valence-electron chi connectivity index (χ4n) is 0.575. The highest BCUT2D eigenvalue weighted by atomic mass is 32.2. The average Bonchev–Trinajstić information content (AvgIpc) is 2.15. The minimum atomic E-state index is 0.993. The lowest BCUT2D eigenvalue weighted by atomic mass is 10.5. The lowest BCUT2D eigenvalue weighted by Crippen LogP contribution is -1.75. The predicted molar refractivity (Wildman–Crippen MR) is 51.3 cm³/mol. The first-order valence-electron chi connectivity index (χ1n) is 2.77. The fraction of sp³-hybridized carbons (Fsp3) is 0.500. The summed E-state index contributed by atoms with van der Waals surface area (Å²) in [6.07, 6.45) is 2.08. The van der Waals surface area contributed by atoms with Gasteiger partial charge in [0.1, 0.15) is 0 Å². The summed E-state index contributed by atoms with van der Waals surface area (Å²) in [5, 5.41) is 0. The molecule has 0 aliphatic carbocycles. The van der Waals surface area contributed by atoms with Crippen LogP contribution in [0.4, 0.5) is 0 Å². The topological polar surface area (TPSA) is 0 Å². The van der Waals surface area contributed by atoms with E-state index >= 15 is 0 Å². The monoisotopic (exact) mass is 176 g/mol. The van der Waals surface area contributed by atoms with Gasteiger partial charge in [0.15, 0.2) is 0 Å². The molecule has 1 aliphatic heterocycles. The van der Waals surface area contributed by atoms with Crippen LogP contribution in [0.25, 0.3) is 0 Å². The lowest BCUT2D eigenvalue weighted by molar-refractivity contribution is 1.59. The van der Waals surface area contributed by atoms with Gasteiger partial charge < -0.3 is 0 Å². The molecule has 0 spiro atoms. The Bertz CT molecular complexity index is 140. The van der Waals surface area contributed by atoms with Crippen molar-refractivity contribution in [1.82, 2.24) is 0 Å². The number of hydrogen-bond donors (Lipinski definition) is 0. The van der Waals surface area contributed by atoms with Gasteiger partial charge in [-0.2, -0.15) is 0 Å². The molecule has 0 aromatic carbocycles. The van der Waals surface area contributed by atoms with Crippen LogP contribution in [0.15, 0.2) is 10.3 Å². The molecule has 3 heteroatoms. The van der Waals surface area contributed by atoms with E-state index < -0.39 is 0 Å². The van der Waals surface area contributed by atoms with E-state index in [0.29, 0.717) is 0 Å². The molecule has 1 saturated heterocycles. The van der Waals surface area contributed by atoms with Gasteiger partial charge in [-0.15, -0.1) is 23.5 Å². The van der Waals surface area contributed by atoms with E-state index in [1.807, 2.05) is 30.4 Å². The molecule has 0 saturated carbocycles. The molecule has 0 unspecified atom stereocenters. The van der Waals surface area contributed by atoms with Crippen LogP contribution in [0.2, 0.25) is 0 Å². The summed E-state index contributed by atoms with van der Waals surface area (Å²) < 4.78 is 1.39. The molecule has 0 bridgehead atoms. The van der Waals surface area contributed by atoms with Crippen LogP contribution >= 0.6 is 35.7 Å². The van der Waals surface area contributed by atoms with E-state index in [4.69, 9.17) is 12.2 Å². The molecule has 50 valence electrons. The van der Waals surface area contributed by atoms with Gasteiger partial charge in [0.25, 0.3) is 0 Å². The van der Waals surface area contributed by atoms with Gasteiger partial charge in [0.2, 0.25) is 0 Å². The Hall–Kier alpha value is 0.530. The zero-order chi connectivity index (χ0) is 6.69. The normalized spacial score (nSPS) is 18.1. The van der Waals surface area contributed by atoms with E-state index in [0.717, 1.165) is 4.86 Å². The van der Waals surface area contributed by atoms with Crippen LogP contribution in [0.3, 0.4) is 0 Å². The number of rotatable bonds is 1. The van der Waals surface area contributed by atoms with Gasteiger partial charge in [-0.1, -0.05) is 12.2 Å². The molecule has 0 amide bonds. The molecular formula is C6H8S3. The Kier molecular flexibility index (Phi) is 3.09. The van der Waals surface area contributed by atoms with E-state index in [2.05, 4.69) is 6.08 Å². The lowest BCUT2D eigenvalue weighted by Gasteiger charge is -1.89. The van der Waals surface area contributed by atoms with Crippen LogP contribution in [0.5, 0.6) is 0 Å². The SMILES string of the molecule is CC(=S)C=C1SCCS1. The van der Waals surface area contributed by atoms with Gasteiger partial charge in [-0.05, 0) is 13.0 Å². The molecule has 1 fully saturated rings. The standard InChI is InChI=1S/C6H8S3/c1-5(7)4-6-8-2-3-9-6/h4H,2-3H2,1H3. The van der Waals surface area contributed by atoms with Gasteiger partial charge in [-0.3, -0.25) is 0 Å². The molecule has 0 aromatic heterocycles. The first-order valence-corrected chi connectivity index (χ1v) is 5.15. The molecule has 1 heterocycles. The quantitative estimate of drug-likeness (QED) is 0.445. The first-order chi connectivity index (χ1) is 4.29. The van der Waals surface area contributed by atoms with Crippen molar-refractivity contribution < 1.29 is 0 Å². The first kappa shape index (κ1) is 7.63. The highest BCUT2D eigenvalue weighted by Gasteiger charge is 2.06. The van der Waals surface area contributed by atoms with Gasteiger partial charge in [0.05, 0.1) is 0 Å². The summed E-state index contributed by atoms with van der Waals surface area (Å²) in [4.78, 5) is 0.993. The Morgan fingerprint density at radius 3 is 2.56 bits per heavy atom. The Morgan fingerprint density at radius 1 is 1.56 bits per heavy atom. The van der Waals surface area contributed by atoms with Gasteiger partial charge in [0, 0.05) is 20.6 Å². The number of allylic oxidation sites excluding steroid dienone is 1. The van der Waals surface area contributed by atoms with E-state index in [1.165, 1.54) is 15.7 Å². The second-order valence-corrected chi connectivity index (χ2v) is 4.95. The average molecular weight is 176 g/mol. The summed E-state index contributed by atoms with van der Waals surface area (Å²) in [5.74, 6) is 2.50. The smallest absolute Gasteiger partial charge is 0.0412 e. The van der Waals surface area contributed by atoms with Crippen LogP contribution in [-0.4, -0.2) is 16.4 Å². The zero-order valence-electron chi connectivity index (χ0n) is 5.22. The highest BCUT2D eigenvalue weighted by Crippen LogP contribution is 2.35. The summed E-state index contributed by atoms with van der Waals surface area (Å²) in [6, 6.07) is 0.